The number of esters is 1. The summed E-state index contributed by atoms with van der Waals surface area (Å²) in [5.74, 6) is -2.21. The molecule has 1 amide bonds. The van der Waals surface area contributed by atoms with E-state index in [-0.39, 0.29) is 10.9 Å². The van der Waals surface area contributed by atoms with Crippen molar-refractivity contribution in [2.24, 2.45) is 5.73 Å². The standard InChI is InChI=1S/C17H24N2O5S.C5H9NO2/c1-12-6-8-14(9-7-12)25(22,23)19-13(2)15(20)24-17(16(18)21)10-4-3-5-11-17;7-5(8)4-2-1-3-6-4/h6-9,13,19H,3-5,10-11H2,1-2H3,(H2,18,21);4,6H,1-3H2,(H,7,8)/t13-;4-/m00/s1. The molecule has 1 aromatic carbocycles. The zero-order valence-electron chi connectivity index (χ0n) is 19.0. The quantitative estimate of drug-likeness (QED) is 0.420. The maximum absolute atomic E-state index is 12.4. The molecule has 1 heterocycles. The highest BCUT2D eigenvalue weighted by Crippen LogP contribution is 2.32. The third-order valence-electron chi connectivity index (χ3n) is 5.78. The fraction of sp³-hybridized carbons (Fsp3) is 0.591. The topological polar surface area (TPSA) is 165 Å². The maximum Gasteiger partial charge on any atom is 0.324 e. The van der Waals surface area contributed by atoms with Crippen molar-refractivity contribution < 1.29 is 32.6 Å². The fourth-order valence-corrected chi connectivity index (χ4v) is 4.96. The Balaban J connectivity index is 0.000000405. The van der Waals surface area contributed by atoms with Crippen molar-refractivity contribution >= 4 is 27.9 Å². The molecule has 1 saturated heterocycles. The van der Waals surface area contributed by atoms with Crippen molar-refractivity contribution in [2.45, 2.75) is 81.4 Å². The van der Waals surface area contributed by atoms with E-state index in [4.69, 9.17) is 15.6 Å². The summed E-state index contributed by atoms with van der Waals surface area (Å²) in [4.78, 5) is 34.3. The summed E-state index contributed by atoms with van der Waals surface area (Å²) in [5.41, 5.74) is 5.02. The average Bonchev–Trinajstić information content (AvgIpc) is 3.30. The number of hydrogen-bond acceptors (Lipinski definition) is 7. The van der Waals surface area contributed by atoms with E-state index in [1.54, 1.807) is 12.1 Å². The van der Waals surface area contributed by atoms with E-state index < -0.39 is 39.5 Å². The van der Waals surface area contributed by atoms with E-state index in [0.717, 1.165) is 44.2 Å². The molecule has 2 aliphatic rings. The van der Waals surface area contributed by atoms with Crippen LogP contribution in [0.25, 0.3) is 0 Å². The van der Waals surface area contributed by atoms with Crippen LogP contribution in [0.3, 0.4) is 0 Å². The molecule has 1 aliphatic heterocycles. The Morgan fingerprint density at radius 3 is 2.21 bits per heavy atom. The lowest BCUT2D eigenvalue weighted by molar-refractivity contribution is -0.172. The van der Waals surface area contributed by atoms with E-state index in [1.165, 1.54) is 19.1 Å². The number of nitrogens with one attached hydrogen (secondary N) is 2. The van der Waals surface area contributed by atoms with Crippen LogP contribution in [-0.4, -0.2) is 55.6 Å². The van der Waals surface area contributed by atoms with Crippen LogP contribution < -0.4 is 15.8 Å². The predicted molar refractivity (Wildman–Crippen MR) is 121 cm³/mol. The van der Waals surface area contributed by atoms with Gasteiger partial charge in [0, 0.05) is 0 Å². The number of nitrogens with two attached hydrogens (primary N) is 1. The van der Waals surface area contributed by atoms with Crippen molar-refractivity contribution in [3.8, 4) is 0 Å². The summed E-state index contributed by atoms with van der Waals surface area (Å²) in [7, 11) is -3.87. The Morgan fingerprint density at radius 2 is 1.76 bits per heavy atom. The number of rotatable bonds is 7. The summed E-state index contributed by atoms with van der Waals surface area (Å²) in [5, 5.41) is 11.2. The van der Waals surface area contributed by atoms with Gasteiger partial charge in [0.15, 0.2) is 5.60 Å². The van der Waals surface area contributed by atoms with Gasteiger partial charge >= 0.3 is 11.9 Å². The summed E-state index contributed by atoms with van der Waals surface area (Å²) in [6.45, 7) is 4.08. The van der Waals surface area contributed by atoms with Crippen LogP contribution in [-0.2, 0) is 29.1 Å². The molecule has 0 spiro atoms. The third kappa shape index (κ3) is 7.51. The second-order valence-corrected chi connectivity index (χ2v) is 10.2. The highest BCUT2D eigenvalue weighted by atomic mass is 32.2. The number of aliphatic carboxylic acids is 1. The molecular weight excluding hydrogens is 450 g/mol. The Morgan fingerprint density at radius 1 is 1.15 bits per heavy atom. The van der Waals surface area contributed by atoms with Crippen LogP contribution in [0.1, 0.15) is 57.4 Å². The first-order valence-corrected chi connectivity index (χ1v) is 12.5. The summed E-state index contributed by atoms with van der Waals surface area (Å²) in [6.07, 6.45) is 4.94. The first-order valence-electron chi connectivity index (χ1n) is 11.0. The van der Waals surface area contributed by atoms with Gasteiger partial charge < -0.3 is 20.9 Å². The molecule has 5 N–H and O–H groups in total. The van der Waals surface area contributed by atoms with Gasteiger partial charge in [-0.2, -0.15) is 4.72 Å². The summed E-state index contributed by atoms with van der Waals surface area (Å²) < 4.78 is 32.4. The first kappa shape index (κ1) is 26.7. The van der Waals surface area contributed by atoms with Crippen LogP contribution in [0, 0.1) is 6.92 Å². The van der Waals surface area contributed by atoms with Crippen LogP contribution in [0.2, 0.25) is 0 Å². The molecule has 0 unspecified atom stereocenters. The molecule has 3 rings (SSSR count). The van der Waals surface area contributed by atoms with Crippen molar-refractivity contribution in [1.29, 1.82) is 0 Å². The van der Waals surface area contributed by atoms with Gasteiger partial charge in [0.2, 0.25) is 10.0 Å². The number of benzene rings is 1. The molecular formula is C22H33N3O7S. The highest BCUT2D eigenvalue weighted by molar-refractivity contribution is 7.89. The largest absolute Gasteiger partial charge is 0.480 e. The number of carboxylic acid groups (broad SMARTS) is 1. The maximum atomic E-state index is 12.4. The molecule has 0 bridgehead atoms. The van der Waals surface area contributed by atoms with E-state index in [0.29, 0.717) is 12.8 Å². The zero-order valence-corrected chi connectivity index (χ0v) is 19.8. The van der Waals surface area contributed by atoms with Gasteiger partial charge in [0.05, 0.1) is 4.90 Å². The second-order valence-electron chi connectivity index (χ2n) is 8.48. The molecule has 0 radical (unpaired) electrons. The number of carboxylic acids is 1. The number of aryl methyl sites for hydroxylation is 1. The fourth-order valence-electron chi connectivity index (χ4n) is 3.76. The van der Waals surface area contributed by atoms with Gasteiger partial charge in [0.1, 0.15) is 12.1 Å². The van der Waals surface area contributed by atoms with Gasteiger partial charge in [-0.1, -0.05) is 24.1 Å². The van der Waals surface area contributed by atoms with Crippen molar-refractivity contribution in [2.75, 3.05) is 6.54 Å². The van der Waals surface area contributed by atoms with Crippen LogP contribution >= 0.6 is 0 Å². The second kappa shape index (κ2) is 11.6. The van der Waals surface area contributed by atoms with E-state index in [2.05, 4.69) is 10.0 Å². The Labute approximate surface area is 194 Å². The molecule has 1 aromatic rings. The van der Waals surface area contributed by atoms with Crippen molar-refractivity contribution in [1.82, 2.24) is 10.0 Å². The first-order chi connectivity index (χ1) is 15.5. The Bertz CT molecular complexity index is 935. The molecule has 0 aromatic heterocycles. The van der Waals surface area contributed by atoms with E-state index in [1.807, 2.05) is 6.92 Å². The van der Waals surface area contributed by atoms with Crippen LogP contribution in [0.4, 0.5) is 0 Å². The van der Waals surface area contributed by atoms with Gasteiger partial charge in [-0.05, 0) is 71.0 Å². The van der Waals surface area contributed by atoms with Gasteiger partial charge in [0.25, 0.3) is 5.91 Å². The molecule has 1 saturated carbocycles. The lowest BCUT2D eigenvalue weighted by Crippen LogP contribution is -2.52. The SMILES string of the molecule is Cc1ccc(S(=O)(=O)N[C@@H](C)C(=O)OC2(C(N)=O)CCCCC2)cc1.O=C(O)[C@@H]1CCCN1. The minimum absolute atomic E-state index is 0.0556. The molecule has 11 heteroatoms. The number of carbonyl (C=O) groups excluding carboxylic acids is 2. The van der Waals surface area contributed by atoms with Gasteiger partial charge in [-0.15, -0.1) is 0 Å². The van der Waals surface area contributed by atoms with Gasteiger partial charge in [-0.25, -0.2) is 8.42 Å². The van der Waals surface area contributed by atoms with Crippen LogP contribution in [0.15, 0.2) is 29.2 Å². The predicted octanol–water partition coefficient (Wildman–Crippen LogP) is 1.22. The lowest BCUT2D eigenvalue weighted by atomic mass is 9.84. The molecule has 33 heavy (non-hydrogen) atoms. The average molecular weight is 484 g/mol. The molecule has 184 valence electrons. The highest BCUT2D eigenvalue weighted by Gasteiger charge is 2.43. The van der Waals surface area contributed by atoms with Crippen LogP contribution in [0.5, 0.6) is 0 Å². The third-order valence-corrected chi connectivity index (χ3v) is 7.34. The minimum atomic E-state index is -3.87. The van der Waals surface area contributed by atoms with E-state index in [9.17, 15) is 22.8 Å². The normalized spacial score (nSPS) is 20.7. The number of carbonyl (C=O) groups is 3. The van der Waals surface area contributed by atoms with Gasteiger partial charge in [-0.3, -0.25) is 14.4 Å². The number of ether oxygens (including phenoxy) is 1. The molecule has 10 nitrogen and oxygen atoms in total. The van der Waals surface area contributed by atoms with Crippen molar-refractivity contribution in [3.63, 3.8) is 0 Å². The number of amides is 1. The summed E-state index contributed by atoms with van der Waals surface area (Å²) >= 11 is 0. The van der Waals surface area contributed by atoms with Crippen molar-refractivity contribution in [3.05, 3.63) is 29.8 Å². The Hall–Kier alpha value is -2.50. The van der Waals surface area contributed by atoms with E-state index >= 15 is 0 Å². The monoisotopic (exact) mass is 483 g/mol. The lowest BCUT2D eigenvalue weighted by Gasteiger charge is -2.34. The molecule has 2 fully saturated rings. The molecule has 2 atom stereocenters. The minimum Gasteiger partial charge on any atom is -0.480 e. The zero-order chi connectivity index (χ0) is 24.6. The number of sulfonamides is 1. The summed E-state index contributed by atoms with van der Waals surface area (Å²) in [6, 6.07) is 4.85. The molecule has 1 aliphatic carbocycles. The smallest absolute Gasteiger partial charge is 0.324 e. The Kier molecular flexibility index (Phi) is 9.38. The number of primary amides is 1. The number of hydrogen-bond donors (Lipinski definition) is 4.